The van der Waals surface area contributed by atoms with Crippen molar-refractivity contribution in [3.05, 3.63) is 60.0 Å². The maximum atomic E-state index is 5.45. The Morgan fingerprint density at radius 2 is 1.96 bits per heavy atom. The first kappa shape index (κ1) is 18.6. The highest BCUT2D eigenvalue weighted by Gasteiger charge is 2.24. The van der Waals surface area contributed by atoms with Crippen LogP contribution < -0.4 is 4.90 Å². The number of nitrogens with zero attached hydrogens (tertiary/aromatic N) is 5. The Labute approximate surface area is 166 Å². The zero-order valence-corrected chi connectivity index (χ0v) is 16.6. The van der Waals surface area contributed by atoms with E-state index in [4.69, 9.17) is 4.52 Å². The second-order valence-corrected chi connectivity index (χ2v) is 7.61. The first-order chi connectivity index (χ1) is 13.7. The maximum absolute atomic E-state index is 5.45. The van der Waals surface area contributed by atoms with Crippen LogP contribution >= 0.6 is 0 Å². The molecule has 0 amide bonds. The number of pyridine rings is 1. The van der Waals surface area contributed by atoms with Crippen LogP contribution in [-0.2, 0) is 12.8 Å². The molecule has 3 aromatic rings. The minimum absolute atomic E-state index is 0.543. The van der Waals surface area contributed by atoms with E-state index in [1.165, 1.54) is 12.0 Å². The summed E-state index contributed by atoms with van der Waals surface area (Å²) < 4.78 is 5.45. The molecule has 1 atom stereocenters. The molecule has 0 N–H and O–H groups in total. The van der Waals surface area contributed by atoms with Crippen LogP contribution in [0.2, 0.25) is 0 Å². The maximum Gasteiger partial charge on any atom is 0.259 e. The Balaban J connectivity index is 1.33. The molecule has 1 unspecified atom stereocenters. The number of aryl methyl sites for hydroxylation is 2. The van der Waals surface area contributed by atoms with Crippen molar-refractivity contribution in [2.24, 2.45) is 0 Å². The first-order valence-corrected chi connectivity index (χ1v) is 9.93. The first-order valence-electron chi connectivity index (χ1n) is 9.93. The average molecular weight is 377 g/mol. The fourth-order valence-electron chi connectivity index (χ4n) is 3.64. The van der Waals surface area contributed by atoms with Gasteiger partial charge in [-0.2, -0.15) is 4.98 Å². The van der Waals surface area contributed by atoms with E-state index in [-0.39, 0.29) is 0 Å². The fraction of sp³-hybridized carbons (Fsp3) is 0.409. The number of aromatic nitrogens is 3. The molecule has 1 aromatic carbocycles. The number of anilines is 1. The normalized spacial score (nSPS) is 16.8. The number of rotatable bonds is 7. The fourth-order valence-corrected chi connectivity index (χ4v) is 3.64. The number of hydrogen-bond donors (Lipinski definition) is 0. The molecule has 6 nitrogen and oxygen atoms in total. The molecule has 3 heterocycles. The van der Waals surface area contributed by atoms with Gasteiger partial charge in [-0.1, -0.05) is 35.5 Å². The van der Waals surface area contributed by atoms with Crippen molar-refractivity contribution >= 4 is 5.82 Å². The molecule has 1 saturated heterocycles. The van der Waals surface area contributed by atoms with Crippen LogP contribution in [0.4, 0.5) is 5.82 Å². The van der Waals surface area contributed by atoms with Gasteiger partial charge in [0.15, 0.2) is 5.82 Å². The van der Waals surface area contributed by atoms with Crippen LogP contribution in [0.5, 0.6) is 0 Å². The van der Waals surface area contributed by atoms with Gasteiger partial charge in [0.2, 0.25) is 0 Å². The second-order valence-electron chi connectivity index (χ2n) is 7.61. The van der Waals surface area contributed by atoms with Crippen molar-refractivity contribution in [2.75, 3.05) is 32.1 Å². The van der Waals surface area contributed by atoms with Gasteiger partial charge in [-0.05, 0) is 51.1 Å². The van der Waals surface area contributed by atoms with Gasteiger partial charge < -0.3 is 14.3 Å². The quantitative estimate of drug-likeness (QED) is 0.629. The van der Waals surface area contributed by atoms with Gasteiger partial charge in [-0.25, -0.2) is 4.98 Å². The predicted molar refractivity (Wildman–Crippen MR) is 110 cm³/mol. The zero-order chi connectivity index (χ0) is 19.3. The average Bonchev–Trinajstić information content (AvgIpc) is 3.39. The second kappa shape index (κ2) is 8.52. The van der Waals surface area contributed by atoms with E-state index in [1.807, 2.05) is 24.4 Å². The summed E-state index contributed by atoms with van der Waals surface area (Å²) in [6.07, 6.45) is 5.84. The molecule has 28 heavy (non-hydrogen) atoms. The van der Waals surface area contributed by atoms with Crippen LogP contribution in [0.1, 0.15) is 24.2 Å². The summed E-state index contributed by atoms with van der Waals surface area (Å²) in [6.45, 7) is 2.06. The standard InChI is InChI=1S/C22H27N5O/c1-26(2)19-13-14-27(16-19)21-12-11-18(15-23-21)22-24-20(25-28-22)10-6-9-17-7-4-3-5-8-17/h3-5,7-8,11-12,15,19H,6,9-10,13-14,16H2,1-2H3. The highest BCUT2D eigenvalue weighted by atomic mass is 16.5. The van der Waals surface area contributed by atoms with E-state index in [0.717, 1.165) is 49.6 Å². The van der Waals surface area contributed by atoms with Crippen molar-refractivity contribution in [1.29, 1.82) is 0 Å². The third kappa shape index (κ3) is 4.39. The third-order valence-electron chi connectivity index (χ3n) is 5.39. The van der Waals surface area contributed by atoms with E-state index >= 15 is 0 Å². The summed E-state index contributed by atoms with van der Waals surface area (Å²) in [5.74, 6) is 2.31. The van der Waals surface area contributed by atoms with Crippen LogP contribution in [0.25, 0.3) is 11.5 Å². The van der Waals surface area contributed by atoms with Crippen molar-refractivity contribution < 1.29 is 4.52 Å². The number of likely N-dealkylation sites (N-methyl/N-ethyl adjacent to an activating group) is 1. The van der Waals surface area contributed by atoms with Crippen LogP contribution in [-0.4, -0.2) is 53.3 Å². The minimum Gasteiger partial charge on any atom is -0.355 e. The molecule has 0 saturated carbocycles. The van der Waals surface area contributed by atoms with Crippen LogP contribution in [0, 0.1) is 0 Å². The third-order valence-corrected chi connectivity index (χ3v) is 5.39. The van der Waals surface area contributed by atoms with Crippen molar-refractivity contribution in [3.8, 4) is 11.5 Å². The van der Waals surface area contributed by atoms with Crippen LogP contribution in [0.15, 0.2) is 53.2 Å². The Bertz CT molecular complexity index is 875. The lowest BCUT2D eigenvalue weighted by Crippen LogP contribution is -2.31. The molecule has 0 aliphatic carbocycles. The Kier molecular flexibility index (Phi) is 5.67. The zero-order valence-electron chi connectivity index (χ0n) is 16.6. The van der Waals surface area contributed by atoms with E-state index < -0.39 is 0 Å². The molecule has 6 heteroatoms. The molecule has 4 rings (SSSR count). The molecule has 0 bridgehead atoms. The highest BCUT2D eigenvalue weighted by molar-refractivity contribution is 5.55. The molecular weight excluding hydrogens is 350 g/mol. The van der Waals surface area contributed by atoms with Crippen molar-refractivity contribution in [2.45, 2.75) is 31.7 Å². The van der Waals surface area contributed by atoms with E-state index in [2.05, 4.69) is 63.3 Å². The van der Waals surface area contributed by atoms with E-state index in [0.29, 0.717) is 11.9 Å². The summed E-state index contributed by atoms with van der Waals surface area (Å²) in [7, 11) is 4.27. The van der Waals surface area contributed by atoms with Gasteiger partial charge >= 0.3 is 0 Å². The summed E-state index contributed by atoms with van der Waals surface area (Å²) in [5.41, 5.74) is 2.21. The smallest absolute Gasteiger partial charge is 0.259 e. The van der Waals surface area contributed by atoms with Crippen molar-refractivity contribution in [1.82, 2.24) is 20.0 Å². The van der Waals surface area contributed by atoms with Gasteiger partial charge in [0.25, 0.3) is 5.89 Å². The highest BCUT2D eigenvalue weighted by Crippen LogP contribution is 2.23. The lowest BCUT2D eigenvalue weighted by molar-refractivity contribution is 0.315. The van der Waals surface area contributed by atoms with Gasteiger partial charge in [-0.15, -0.1) is 0 Å². The van der Waals surface area contributed by atoms with Gasteiger partial charge in [0.1, 0.15) is 5.82 Å². The molecule has 146 valence electrons. The molecule has 0 radical (unpaired) electrons. The summed E-state index contributed by atoms with van der Waals surface area (Å²) in [5, 5.41) is 4.12. The van der Waals surface area contributed by atoms with E-state index in [1.54, 1.807) is 0 Å². The molecule has 1 aliphatic heterocycles. The molecule has 1 fully saturated rings. The molecule has 0 spiro atoms. The SMILES string of the molecule is CN(C)C1CCN(c2ccc(-c3nc(CCCc4ccccc4)no3)cn2)C1. The summed E-state index contributed by atoms with van der Waals surface area (Å²) in [6, 6.07) is 15.1. The molecule has 2 aromatic heterocycles. The Morgan fingerprint density at radius 3 is 2.68 bits per heavy atom. The predicted octanol–water partition coefficient (Wildman–Crippen LogP) is 3.45. The minimum atomic E-state index is 0.543. The van der Waals surface area contributed by atoms with Gasteiger partial charge in [0, 0.05) is 31.7 Å². The number of benzene rings is 1. The summed E-state index contributed by atoms with van der Waals surface area (Å²) in [4.78, 5) is 13.8. The Morgan fingerprint density at radius 1 is 1.11 bits per heavy atom. The lowest BCUT2D eigenvalue weighted by atomic mass is 10.1. The number of hydrogen-bond acceptors (Lipinski definition) is 6. The Hall–Kier alpha value is -2.73. The largest absolute Gasteiger partial charge is 0.355 e. The lowest BCUT2D eigenvalue weighted by Gasteiger charge is -2.21. The molecular formula is C22H27N5O. The molecule has 1 aliphatic rings. The van der Waals surface area contributed by atoms with Gasteiger partial charge in [-0.3, -0.25) is 0 Å². The van der Waals surface area contributed by atoms with Gasteiger partial charge in [0.05, 0.1) is 5.56 Å². The summed E-state index contributed by atoms with van der Waals surface area (Å²) >= 11 is 0. The topological polar surface area (TPSA) is 58.3 Å². The van der Waals surface area contributed by atoms with Crippen LogP contribution in [0.3, 0.4) is 0 Å². The van der Waals surface area contributed by atoms with E-state index in [9.17, 15) is 0 Å². The monoisotopic (exact) mass is 377 g/mol. The van der Waals surface area contributed by atoms with Crippen molar-refractivity contribution in [3.63, 3.8) is 0 Å².